The van der Waals surface area contributed by atoms with E-state index in [4.69, 9.17) is 10.5 Å². The van der Waals surface area contributed by atoms with Gasteiger partial charge >= 0.3 is 0 Å². The fourth-order valence-corrected chi connectivity index (χ4v) is 3.17. The van der Waals surface area contributed by atoms with Crippen LogP contribution in [0.15, 0.2) is 36.4 Å². The second kappa shape index (κ2) is 7.01. The maximum Gasteiger partial charge on any atom is 0.124 e. The number of nitrogens with one attached hydrogen (secondary N) is 1. The van der Waals surface area contributed by atoms with E-state index < -0.39 is 0 Å². The molecule has 1 unspecified atom stereocenters. The Bertz CT molecular complexity index is 663. The SMILES string of the molecule is CC(C)c1c(OC2CCCNC2)cccc1-c1cccc(N)n1. The van der Waals surface area contributed by atoms with Gasteiger partial charge in [0.05, 0.1) is 5.69 Å². The van der Waals surface area contributed by atoms with Crippen LogP contribution < -0.4 is 15.8 Å². The first kappa shape index (κ1) is 15.8. The summed E-state index contributed by atoms with van der Waals surface area (Å²) in [5.41, 5.74) is 9.07. The summed E-state index contributed by atoms with van der Waals surface area (Å²) in [6.45, 7) is 6.39. The van der Waals surface area contributed by atoms with Crippen molar-refractivity contribution in [3.05, 3.63) is 42.0 Å². The van der Waals surface area contributed by atoms with E-state index in [0.29, 0.717) is 11.7 Å². The average Bonchev–Trinajstić information content (AvgIpc) is 2.55. The van der Waals surface area contributed by atoms with Crippen molar-refractivity contribution >= 4 is 5.82 Å². The van der Waals surface area contributed by atoms with Crippen LogP contribution in [0.3, 0.4) is 0 Å². The Morgan fingerprint density at radius 2 is 2.04 bits per heavy atom. The summed E-state index contributed by atoms with van der Waals surface area (Å²) in [5, 5.41) is 3.40. The summed E-state index contributed by atoms with van der Waals surface area (Å²) in [5.74, 6) is 1.86. The molecule has 4 heteroatoms. The highest BCUT2D eigenvalue weighted by molar-refractivity contribution is 5.69. The number of piperidine rings is 1. The number of ether oxygens (including phenoxy) is 1. The van der Waals surface area contributed by atoms with Crippen molar-refractivity contribution in [3.63, 3.8) is 0 Å². The van der Waals surface area contributed by atoms with Crippen LogP contribution in [0.2, 0.25) is 0 Å². The molecule has 3 rings (SSSR count). The fourth-order valence-electron chi connectivity index (χ4n) is 3.17. The first-order chi connectivity index (χ1) is 11.1. The van der Waals surface area contributed by atoms with Crippen molar-refractivity contribution in [2.45, 2.75) is 38.7 Å². The molecule has 0 saturated carbocycles. The summed E-state index contributed by atoms with van der Waals surface area (Å²) >= 11 is 0. The van der Waals surface area contributed by atoms with Crippen molar-refractivity contribution in [3.8, 4) is 17.0 Å². The molecule has 0 radical (unpaired) electrons. The van der Waals surface area contributed by atoms with Crippen molar-refractivity contribution in [2.24, 2.45) is 0 Å². The predicted molar refractivity (Wildman–Crippen MR) is 94.7 cm³/mol. The number of nitrogen functional groups attached to an aromatic ring is 1. The van der Waals surface area contributed by atoms with E-state index in [-0.39, 0.29) is 6.10 Å². The Kier molecular flexibility index (Phi) is 4.82. The normalized spacial score (nSPS) is 18.1. The number of pyridine rings is 1. The monoisotopic (exact) mass is 311 g/mol. The lowest BCUT2D eigenvalue weighted by atomic mass is 9.93. The van der Waals surface area contributed by atoms with Gasteiger partial charge in [-0.2, -0.15) is 0 Å². The molecule has 0 spiro atoms. The molecule has 0 amide bonds. The molecule has 122 valence electrons. The van der Waals surface area contributed by atoms with E-state index in [2.05, 4.69) is 36.3 Å². The molecule has 1 aliphatic rings. The zero-order chi connectivity index (χ0) is 16.2. The average molecular weight is 311 g/mol. The summed E-state index contributed by atoms with van der Waals surface area (Å²) < 4.78 is 6.32. The van der Waals surface area contributed by atoms with Crippen molar-refractivity contribution in [1.82, 2.24) is 10.3 Å². The fraction of sp³-hybridized carbons (Fsp3) is 0.421. The summed E-state index contributed by atoms with van der Waals surface area (Å²) in [4.78, 5) is 4.48. The molecule has 1 atom stereocenters. The molecule has 1 aromatic carbocycles. The Hall–Kier alpha value is -2.07. The number of hydrogen-bond donors (Lipinski definition) is 2. The highest BCUT2D eigenvalue weighted by atomic mass is 16.5. The molecular weight excluding hydrogens is 286 g/mol. The number of aromatic nitrogens is 1. The van der Waals surface area contributed by atoms with Crippen LogP contribution in [-0.4, -0.2) is 24.2 Å². The lowest BCUT2D eigenvalue weighted by Gasteiger charge is -2.26. The predicted octanol–water partition coefficient (Wildman–Crippen LogP) is 3.59. The quantitative estimate of drug-likeness (QED) is 0.906. The van der Waals surface area contributed by atoms with Gasteiger partial charge < -0.3 is 15.8 Å². The van der Waals surface area contributed by atoms with E-state index in [1.807, 2.05) is 24.3 Å². The molecule has 1 aliphatic heterocycles. The molecule has 2 heterocycles. The minimum Gasteiger partial charge on any atom is -0.489 e. The third-order valence-corrected chi connectivity index (χ3v) is 4.24. The van der Waals surface area contributed by atoms with Crippen molar-refractivity contribution in [2.75, 3.05) is 18.8 Å². The zero-order valence-corrected chi connectivity index (χ0v) is 13.9. The number of benzene rings is 1. The minimum atomic E-state index is 0.241. The smallest absolute Gasteiger partial charge is 0.124 e. The van der Waals surface area contributed by atoms with Gasteiger partial charge in [0, 0.05) is 17.7 Å². The zero-order valence-electron chi connectivity index (χ0n) is 13.9. The molecule has 1 aromatic heterocycles. The van der Waals surface area contributed by atoms with Crippen LogP contribution in [0.1, 0.15) is 38.2 Å². The minimum absolute atomic E-state index is 0.241. The van der Waals surface area contributed by atoms with Crippen LogP contribution in [-0.2, 0) is 0 Å². The second-order valence-corrected chi connectivity index (χ2v) is 6.41. The molecule has 4 nitrogen and oxygen atoms in total. The summed E-state index contributed by atoms with van der Waals surface area (Å²) in [7, 11) is 0. The van der Waals surface area contributed by atoms with Gasteiger partial charge in [-0.15, -0.1) is 0 Å². The largest absolute Gasteiger partial charge is 0.489 e. The van der Waals surface area contributed by atoms with Gasteiger partial charge in [-0.1, -0.05) is 32.0 Å². The maximum atomic E-state index is 6.32. The van der Waals surface area contributed by atoms with Gasteiger partial charge in [-0.05, 0) is 43.5 Å². The van der Waals surface area contributed by atoms with E-state index in [1.54, 1.807) is 0 Å². The van der Waals surface area contributed by atoms with Gasteiger partial charge in [0.2, 0.25) is 0 Å². The van der Waals surface area contributed by atoms with E-state index in [0.717, 1.165) is 42.9 Å². The van der Waals surface area contributed by atoms with E-state index in [1.165, 1.54) is 5.56 Å². The highest BCUT2D eigenvalue weighted by Gasteiger charge is 2.20. The second-order valence-electron chi connectivity index (χ2n) is 6.41. The number of nitrogens with zero attached hydrogens (tertiary/aromatic N) is 1. The maximum absolute atomic E-state index is 6.32. The van der Waals surface area contributed by atoms with Gasteiger partial charge in [-0.25, -0.2) is 4.98 Å². The highest BCUT2D eigenvalue weighted by Crippen LogP contribution is 2.36. The summed E-state index contributed by atoms with van der Waals surface area (Å²) in [6, 6.07) is 12.0. The lowest BCUT2D eigenvalue weighted by Crippen LogP contribution is -2.37. The lowest BCUT2D eigenvalue weighted by molar-refractivity contribution is 0.165. The molecule has 0 aliphatic carbocycles. The van der Waals surface area contributed by atoms with Crippen LogP contribution >= 0.6 is 0 Å². The Morgan fingerprint density at radius 3 is 2.74 bits per heavy atom. The molecule has 2 aromatic rings. The van der Waals surface area contributed by atoms with Crippen LogP contribution in [0.4, 0.5) is 5.82 Å². The van der Waals surface area contributed by atoms with Gasteiger partial charge in [0.15, 0.2) is 0 Å². The number of hydrogen-bond acceptors (Lipinski definition) is 4. The van der Waals surface area contributed by atoms with Gasteiger partial charge in [0.25, 0.3) is 0 Å². The van der Waals surface area contributed by atoms with Crippen LogP contribution in [0, 0.1) is 0 Å². The molecule has 3 N–H and O–H groups in total. The van der Waals surface area contributed by atoms with Crippen LogP contribution in [0.5, 0.6) is 5.75 Å². The van der Waals surface area contributed by atoms with Crippen LogP contribution in [0.25, 0.3) is 11.3 Å². The molecule has 1 saturated heterocycles. The molecule has 1 fully saturated rings. The first-order valence-corrected chi connectivity index (χ1v) is 8.38. The standard InChI is InChI=1S/C19H25N3O/c1-13(2)19-15(16-8-4-10-18(20)22-16)7-3-9-17(19)23-14-6-5-11-21-12-14/h3-4,7-10,13-14,21H,5-6,11-12H2,1-2H3,(H2,20,22). The third kappa shape index (κ3) is 3.64. The number of rotatable bonds is 4. The van der Waals surface area contributed by atoms with E-state index >= 15 is 0 Å². The van der Waals surface area contributed by atoms with Crippen molar-refractivity contribution in [1.29, 1.82) is 0 Å². The number of nitrogens with two attached hydrogens (primary N) is 1. The van der Waals surface area contributed by atoms with Crippen molar-refractivity contribution < 1.29 is 4.74 Å². The molecular formula is C19H25N3O. The first-order valence-electron chi connectivity index (χ1n) is 8.38. The third-order valence-electron chi connectivity index (χ3n) is 4.24. The summed E-state index contributed by atoms with van der Waals surface area (Å²) in [6.07, 6.45) is 2.51. The van der Waals surface area contributed by atoms with E-state index in [9.17, 15) is 0 Å². The molecule has 23 heavy (non-hydrogen) atoms. The number of anilines is 1. The Labute approximate surface area is 138 Å². The van der Waals surface area contributed by atoms with Gasteiger partial charge in [0.1, 0.15) is 17.7 Å². The Morgan fingerprint density at radius 1 is 1.22 bits per heavy atom. The topological polar surface area (TPSA) is 60.2 Å². The Balaban J connectivity index is 1.98. The van der Waals surface area contributed by atoms with Gasteiger partial charge in [-0.3, -0.25) is 0 Å². The molecule has 0 bridgehead atoms.